The van der Waals surface area contributed by atoms with Gasteiger partial charge >= 0.3 is 12.2 Å². The number of fused-ring (bicyclic) bond motifs is 1. The van der Waals surface area contributed by atoms with E-state index in [2.05, 4.69) is 10.6 Å². The van der Waals surface area contributed by atoms with Crippen LogP contribution in [-0.4, -0.2) is 30.4 Å². The lowest BCUT2D eigenvalue weighted by molar-refractivity contribution is -0.137. The number of anilines is 1. The van der Waals surface area contributed by atoms with Gasteiger partial charge in [0, 0.05) is 24.8 Å². The largest absolute Gasteiger partial charge is 0.416 e. The Bertz CT molecular complexity index is 1220. The summed E-state index contributed by atoms with van der Waals surface area (Å²) in [5.74, 6) is -0.355. The molecule has 3 aromatic carbocycles. The Labute approximate surface area is 195 Å². The van der Waals surface area contributed by atoms with E-state index in [0.29, 0.717) is 35.3 Å². The first-order valence-corrected chi connectivity index (χ1v) is 10.9. The molecule has 5 nitrogen and oxygen atoms in total. The van der Waals surface area contributed by atoms with E-state index >= 15 is 0 Å². The van der Waals surface area contributed by atoms with Crippen molar-refractivity contribution in [1.82, 2.24) is 10.2 Å². The second kappa shape index (κ2) is 9.21. The van der Waals surface area contributed by atoms with Crippen LogP contribution in [0.25, 0.3) is 11.1 Å². The summed E-state index contributed by atoms with van der Waals surface area (Å²) < 4.78 is 38.7. The fourth-order valence-electron chi connectivity index (χ4n) is 4.30. The number of halogens is 3. The minimum Gasteiger partial charge on any atom is -0.341 e. The third-order valence-corrected chi connectivity index (χ3v) is 6.11. The molecule has 176 valence electrons. The van der Waals surface area contributed by atoms with Crippen LogP contribution in [0.1, 0.15) is 40.0 Å². The zero-order valence-electron chi connectivity index (χ0n) is 18.7. The molecule has 8 heteroatoms. The van der Waals surface area contributed by atoms with Crippen molar-refractivity contribution in [2.45, 2.75) is 25.6 Å². The van der Waals surface area contributed by atoms with E-state index in [9.17, 15) is 22.8 Å². The average molecular weight is 467 g/mol. The maximum Gasteiger partial charge on any atom is 0.416 e. The van der Waals surface area contributed by atoms with Gasteiger partial charge in [-0.3, -0.25) is 4.79 Å². The van der Waals surface area contributed by atoms with Gasteiger partial charge in [0.05, 0.1) is 11.6 Å². The van der Waals surface area contributed by atoms with Gasteiger partial charge in [-0.15, -0.1) is 0 Å². The van der Waals surface area contributed by atoms with Crippen LogP contribution >= 0.6 is 0 Å². The molecule has 3 aromatic rings. The van der Waals surface area contributed by atoms with Gasteiger partial charge in [-0.1, -0.05) is 36.4 Å². The summed E-state index contributed by atoms with van der Waals surface area (Å²) in [7, 11) is 1.60. The predicted octanol–water partition coefficient (Wildman–Crippen LogP) is 5.88. The molecular formula is C26H24F3N3O2. The number of amides is 3. The fourth-order valence-corrected chi connectivity index (χ4v) is 4.30. The summed E-state index contributed by atoms with van der Waals surface area (Å²) in [6.07, 6.45) is -3.75. The summed E-state index contributed by atoms with van der Waals surface area (Å²) in [5.41, 5.74) is 3.38. The monoisotopic (exact) mass is 467 g/mol. The molecule has 1 unspecified atom stereocenters. The molecular weight excluding hydrogens is 443 g/mol. The van der Waals surface area contributed by atoms with Crippen molar-refractivity contribution in [3.8, 4) is 11.1 Å². The number of rotatable bonds is 3. The number of nitrogens with zero attached hydrogens (tertiary/aromatic N) is 1. The number of nitrogens with one attached hydrogen (secondary N) is 2. The SMILES string of the molecule is CNC(=O)N1CCc2cc(NC(=O)c3ccccc3-c3ccc(C(F)(F)F)cc3)ccc2C1C. The van der Waals surface area contributed by atoms with Crippen LogP contribution in [-0.2, 0) is 12.6 Å². The first-order chi connectivity index (χ1) is 16.2. The molecule has 0 fully saturated rings. The van der Waals surface area contributed by atoms with Crippen molar-refractivity contribution >= 4 is 17.6 Å². The van der Waals surface area contributed by atoms with Gasteiger partial charge in [0.2, 0.25) is 0 Å². The van der Waals surface area contributed by atoms with E-state index < -0.39 is 11.7 Å². The van der Waals surface area contributed by atoms with Gasteiger partial charge < -0.3 is 15.5 Å². The average Bonchev–Trinajstić information content (AvgIpc) is 2.83. The van der Waals surface area contributed by atoms with Gasteiger partial charge in [0.15, 0.2) is 0 Å². The molecule has 1 heterocycles. The number of benzene rings is 3. The molecule has 0 spiro atoms. The maximum atomic E-state index is 13.1. The normalized spacial score (nSPS) is 15.4. The van der Waals surface area contributed by atoms with Crippen molar-refractivity contribution in [1.29, 1.82) is 0 Å². The van der Waals surface area contributed by atoms with Crippen LogP contribution in [0.2, 0.25) is 0 Å². The molecule has 0 aliphatic carbocycles. The molecule has 1 atom stereocenters. The van der Waals surface area contributed by atoms with E-state index in [4.69, 9.17) is 0 Å². The summed E-state index contributed by atoms with van der Waals surface area (Å²) in [6.45, 7) is 2.54. The van der Waals surface area contributed by atoms with Crippen molar-refractivity contribution in [3.05, 3.63) is 89.0 Å². The summed E-state index contributed by atoms with van der Waals surface area (Å²) in [5, 5.41) is 5.56. The van der Waals surface area contributed by atoms with Gasteiger partial charge in [-0.2, -0.15) is 13.2 Å². The highest BCUT2D eigenvalue weighted by Crippen LogP contribution is 2.33. The quantitative estimate of drug-likeness (QED) is 0.505. The maximum absolute atomic E-state index is 13.1. The molecule has 0 radical (unpaired) electrons. The molecule has 0 bridgehead atoms. The number of carbonyl (C=O) groups excluding carboxylic acids is 2. The minimum absolute atomic E-state index is 0.0890. The molecule has 2 N–H and O–H groups in total. The third-order valence-electron chi connectivity index (χ3n) is 6.11. The van der Waals surface area contributed by atoms with E-state index in [0.717, 1.165) is 23.3 Å². The van der Waals surface area contributed by atoms with Gasteiger partial charge in [-0.05, 0) is 65.9 Å². The molecule has 3 amide bonds. The third kappa shape index (κ3) is 4.62. The first kappa shape index (κ1) is 23.4. The van der Waals surface area contributed by atoms with Crippen molar-refractivity contribution in [2.24, 2.45) is 0 Å². The van der Waals surface area contributed by atoms with Crippen molar-refractivity contribution in [2.75, 3.05) is 18.9 Å². The standard InChI is InChI=1S/C26H24F3N3O2/c1-16-21-12-11-20(15-18(21)13-14-32(16)25(34)30-2)31-24(33)23-6-4-3-5-22(23)17-7-9-19(10-8-17)26(27,28)29/h3-12,15-16H,13-14H2,1-2H3,(H,30,34)(H,31,33). The Hall–Kier alpha value is -3.81. The molecule has 0 saturated carbocycles. The highest BCUT2D eigenvalue weighted by atomic mass is 19.4. The van der Waals surface area contributed by atoms with Crippen LogP contribution in [0.4, 0.5) is 23.7 Å². The van der Waals surface area contributed by atoms with Crippen molar-refractivity contribution in [3.63, 3.8) is 0 Å². The first-order valence-electron chi connectivity index (χ1n) is 10.9. The predicted molar refractivity (Wildman–Crippen MR) is 125 cm³/mol. The summed E-state index contributed by atoms with van der Waals surface area (Å²) in [4.78, 5) is 26.9. The number of carbonyl (C=O) groups is 2. The zero-order chi connectivity index (χ0) is 24.5. The second-order valence-corrected chi connectivity index (χ2v) is 8.16. The minimum atomic E-state index is -4.42. The number of urea groups is 1. The lowest BCUT2D eigenvalue weighted by Gasteiger charge is -2.35. The molecule has 0 aromatic heterocycles. The Balaban J connectivity index is 1.56. The van der Waals surface area contributed by atoms with Gasteiger partial charge in [0.1, 0.15) is 0 Å². The van der Waals surface area contributed by atoms with Gasteiger partial charge in [0.25, 0.3) is 5.91 Å². The lowest BCUT2D eigenvalue weighted by atomic mass is 9.93. The Morgan fingerprint density at radius 2 is 1.71 bits per heavy atom. The van der Waals surface area contributed by atoms with Crippen LogP contribution in [0, 0.1) is 0 Å². The second-order valence-electron chi connectivity index (χ2n) is 8.16. The molecule has 0 saturated heterocycles. The molecule has 1 aliphatic heterocycles. The number of hydrogen-bond acceptors (Lipinski definition) is 2. The van der Waals surface area contributed by atoms with Crippen LogP contribution < -0.4 is 10.6 Å². The summed E-state index contributed by atoms with van der Waals surface area (Å²) >= 11 is 0. The summed E-state index contributed by atoms with van der Waals surface area (Å²) in [6, 6.07) is 17.0. The lowest BCUT2D eigenvalue weighted by Crippen LogP contribution is -2.43. The molecule has 1 aliphatic rings. The van der Waals surface area contributed by atoms with E-state index in [1.807, 2.05) is 19.1 Å². The number of alkyl halides is 3. The zero-order valence-corrected chi connectivity index (χ0v) is 18.7. The van der Waals surface area contributed by atoms with Crippen molar-refractivity contribution < 1.29 is 22.8 Å². The fraction of sp³-hybridized carbons (Fsp3) is 0.231. The van der Waals surface area contributed by atoms with E-state index in [-0.39, 0.29) is 18.0 Å². The molecule has 34 heavy (non-hydrogen) atoms. The Kier molecular flexibility index (Phi) is 6.32. The Morgan fingerprint density at radius 1 is 1.00 bits per heavy atom. The van der Waals surface area contributed by atoms with Crippen LogP contribution in [0.3, 0.4) is 0 Å². The highest BCUT2D eigenvalue weighted by Gasteiger charge is 2.30. The topological polar surface area (TPSA) is 61.4 Å². The number of hydrogen-bond donors (Lipinski definition) is 2. The van der Waals surface area contributed by atoms with Gasteiger partial charge in [-0.25, -0.2) is 4.79 Å². The highest BCUT2D eigenvalue weighted by molar-refractivity contribution is 6.08. The van der Waals surface area contributed by atoms with Crippen LogP contribution in [0.5, 0.6) is 0 Å². The molecule has 4 rings (SSSR count). The Morgan fingerprint density at radius 3 is 2.38 bits per heavy atom. The van der Waals surface area contributed by atoms with Crippen LogP contribution in [0.15, 0.2) is 66.7 Å². The van der Waals surface area contributed by atoms with E-state index in [1.165, 1.54) is 12.1 Å². The van der Waals surface area contributed by atoms with E-state index in [1.54, 1.807) is 42.3 Å². The smallest absolute Gasteiger partial charge is 0.341 e.